The molecule has 6 N–H and O–H groups in total. The highest BCUT2D eigenvalue weighted by atomic mass is 16.3. The molecule has 0 aliphatic heterocycles. The zero-order valence-electron chi connectivity index (χ0n) is 8.43. The number of hydrogen-bond donors (Lipinski definition) is 4. The maximum atomic E-state index is 9.48. The van der Waals surface area contributed by atoms with Crippen molar-refractivity contribution in [1.29, 1.82) is 0 Å². The summed E-state index contributed by atoms with van der Waals surface area (Å²) in [5, 5.41) is 12.5. The first-order valence-electron chi connectivity index (χ1n) is 4.71. The van der Waals surface area contributed by atoms with Crippen molar-refractivity contribution in [3.8, 4) is 0 Å². The second kappa shape index (κ2) is 5.87. The molecular weight excluding hydrogens is 192 g/mol. The van der Waals surface area contributed by atoms with Crippen molar-refractivity contribution in [3.63, 3.8) is 0 Å². The van der Waals surface area contributed by atoms with Crippen molar-refractivity contribution in [1.82, 2.24) is 0 Å². The first-order chi connectivity index (χ1) is 7.18. The van der Waals surface area contributed by atoms with E-state index in [0.717, 1.165) is 5.69 Å². The van der Waals surface area contributed by atoms with Crippen LogP contribution in [0.4, 0.5) is 5.69 Å². The third-order valence-corrected chi connectivity index (χ3v) is 1.80. The predicted molar refractivity (Wildman–Crippen MR) is 61.6 cm³/mol. The Bertz CT molecular complexity index is 308. The lowest BCUT2D eigenvalue weighted by Gasteiger charge is -2.10. The van der Waals surface area contributed by atoms with Gasteiger partial charge in [0.25, 0.3) is 0 Å². The van der Waals surface area contributed by atoms with Crippen molar-refractivity contribution in [2.24, 2.45) is 16.5 Å². The number of aliphatic imine (C=N–C) groups is 1. The molecule has 1 rings (SSSR count). The van der Waals surface area contributed by atoms with Crippen LogP contribution >= 0.6 is 0 Å². The van der Waals surface area contributed by atoms with Crippen LogP contribution in [0.15, 0.2) is 35.3 Å². The summed E-state index contributed by atoms with van der Waals surface area (Å²) in [5.41, 5.74) is 11.2. The third kappa shape index (κ3) is 4.87. The first-order valence-corrected chi connectivity index (χ1v) is 4.71. The average Bonchev–Trinajstić information content (AvgIpc) is 2.25. The summed E-state index contributed by atoms with van der Waals surface area (Å²) in [6.07, 6.45) is -0.590. The summed E-state index contributed by atoms with van der Waals surface area (Å²) in [5.74, 6) is -0.00578. The van der Waals surface area contributed by atoms with E-state index >= 15 is 0 Å². The summed E-state index contributed by atoms with van der Waals surface area (Å²) >= 11 is 0. The van der Waals surface area contributed by atoms with Gasteiger partial charge in [-0.3, -0.25) is 4.99 Å². The van der Waals surface area contributed by atoms with Crippen molar-refractivity contribution in [3.05, 3.63) is 30.3 Å². The number of guanidine groups is 1. The van der Waals surface area contributed by atoms with Crippen LogP contribution in [-0.2, 0) is 0 Å². The largest absolute Gasteiger partial charge is 0.389 e. The molecule has 0 aliphatic rings. The molecule has 15 heavy (non-hydrogen) atoms. The maximum absolute atomic E-state index is 9.48. The van der Waals surface area contributed by atoms with E-state index in [-0.39, 0.29) is 12.5 Å². The Morgan fingerprint density at radius 3 is 2.60 bits per heavy atom. The van der Waals surface area contributed by atoms with Crippen molar-refractivity contribution in [2.75, 3.05) is 18.4 Å². The molecule has 0 aromatic heterocycles. The SMILES string of the molecule is NC(N)=NCC(O)CNc1ccccc1. The fraction of sp³-hybridized carbons (Fsp3) is 0.300. The summed E-state index contributed by atoms with van der Waals surface area (Å²) in [4.78, 5) is 3.72. The van der Waals surface area contributed by atoms with Crippen LogP contribution in [0.25, 0.3) is 0 Å². The Morgan fingerprint density at radius 1 is 1.33 bits per heavy atom. The molecule has 5 heteroatoms. The highest BCUT2D eigenvalue weighted by Gasteiger charge is 2.02. The van der Waals surface area contributed by atoms with Gasteiger partial charge in [0.05, 0.1) is 12.6 Å². The molecule has 0 amide bonds. The second-order valence-electron chi connectivity index (χ2n) is 3.17. The molecule has 1 aromatic rings. The Hall–Kier alpha value is -1.75. The molecule has 0 aliphatic carbocycles. The molecule has 0 spiro atoms. The first kappa shape index (κ1) is 11.3. The van der Waals surface area contributed by atoms with Crippen molar-refractivity contribution in [2.45, 2.75) is 6.10 Å². The van der Waals surface area contributed by atoms with Crippen LogP contribution < -0.4 is 16.8 Å². The standard InChI is InChI=1S/C10H16N4O/c11-10(12)14-7-9(15)6-13-8-4-2-1-3-5-8/h1-5,9,13,15H,6-7H2,(H4,11,12,14). The Labute approximate surface area is 88.8 Å². The van der Waals surface area contributed by atoms with E-state index in [9.17, 15) is 5.11 Å². The van der Waals surface area contributed by atoms with Gasteiger partial charge in [-0.2, -0.15) is 0 Å². The number of anilines is 1. The molecule has 0 saturated heterocycles. The third-order valence-electron chi connectivity index (χ3n) is 1.80. The Morgan fingerprint density at radius 2 is 2.00 bits per heavy atom. The van der Waals surface area contributed by atoms with E-state index in [4.69, 9.17) is 11.5 Å². The molecule has 82 valence electrons. The number of aliphatic hydroxyl groups excluding tert-OH is 1. The van der Waals surface area contributed by atoms with Crippen LogP contribution in [-0.4, -0.2) is 30.3 Å². The van der Waals surface area contributed by atoms with E-state index in [1.54, 1.807) is 0 Å². The molecular formula is C10H16N4O. The van der Waals surface area contributed by atoms with Crippen LogP contribution in [0, 0.1) is 0 Å². The van der Waals surface area contributed by atoms with Crippen molar-refractivity contribution < 1.29 is 5.11 Å². The highest BCUT2D eigenvalue weighted by molar-refractivity contribution is 5.75. The normalized spacial score (nSPS) is 11.8. The minimum atomic E-state index is -0.590. The maximum Gasteiger partial charge on any atom is 0.185 e. The second-order valence-corrected chi connectivity index (χ2v) is 3.17. The number of nitrogens with two attached hydrogens (primary N) is 2. The molecule has 1 atom stereocenters. The monoisotopic (exact) mass is 208 g/mol. The van der Waals surface area contributed by atoms with Gasteiger partial charge in [0.2, 0.25) is 0 Å². The quantitative estimate of drug-likeness (QED) is 0.395. The summed E-state index contributed by atoms with van der Waals surface area (Å²) in [6, 6.07) is 9.62. The predicted octanol–water partition coefficient (Wildman–Crippen LogP) is -0.267. The minimum Gasteiger partial charge on any atom is -0.389 e. The summed E-state index contributed by atoms with van der Waals surface area (Å²) in [7, 11) is 0. The Kier molecular flexibility index (Phi) is 4.43. The Balaban J connectivity index is 2.28. The number of rotatable bonds is 5. The van der Waals surface area contributed by atoms with Crippen molar-refractivity contribution >= 4 is 11.6 Å². The molecule has 5 nitrogen and oxygen atoms in total. The average molecular weight is 208 g/mol. The number of hydrogen-bond acceptors (Lipinski definition) is 3. The molecule has 1 unspecified atom stereocenters. The lowest BCUT2D eigenvalue weighted by atomic mass is 10.3. The van der Waals surface area contributed by atoms with Gasteiger partial charge >= 0.3 is 0 Å². The van der Waals surface area contributed by atoms with Gasteiger partial charge in [0.1, 0.15) is 0 Å². The van der Waals surface area contributed by atoms with E-state index in [2.05, 4.69) is 10.3 Å². The van der Waals surface area contributed by atoms with Gasteiger partial charge in [-0.15, -0.1) is 0 Å². The molecule has 0 fully saturated rings. The van der Waals surface area contributed by atoms with E-state index in [1.807, 2.05) is 30.3 Å². The van der Waals surface area contributed by atoms with Crippen LogP contribution in [0.1, 0.15) is 0 Å². The molecule has 0 saturated carbocycles. The number of benzene rings is 1. The van der Waals surface area contributed by atoms with Gasteiger partial charge in [-0.1, -0.05) is 18.2 Å². The van der Waals surface area contributed by atoms with E-state index in [0.29, 0.717) is 6.54 Å². The van der Waals surface area contributed by atoms with Gasteiger partial charge in [0.15, 0.2) is 5.96 Å². The summed E-state index contributed by atoms with van der Waals surface area (Å²) < 4.78 is 0. The zero-order chi connectivity index (χ0) is 11.1. The van der Waals surface area contributed by atoms with Gasteiger partial charge in [-0.05, 0) is 12.1 Å². The van der Waals surface area contributed by atoms with E-state index in [1.165, 1.54) is 0 Å². The van der Waals surface area contributed by atoms with Gasteiger partial charge in [0, 0.05) is 12.2 Å². The molecule has 1 aromatic carbocycles. The smallest absolute Gasteiger partial charge is 0.185 e. The topological polar surface area (TPSA) is 96.7 Å². The van der Waals surface area contributed by atoms with Gasteiger partial charge < -0.3 is 21.9 Å². The van der Waals surface area contributed by atoms with Crippen LogP contribution in [0.3, 0.4) is 0 Å². The minimum absolute atomic E-state index is 0.00578. The molecule has 0 bridgehead atoms. The number of nitrogens with one attached hydrogen (secondary N) is 1. The lowest BCUT2D eigenvalue weighted by Crippen LogP contribution is -2.28. The fourth-order valence-electron chi connectivity index (χ4n) is 1.07. The van der Waals surface area contributed by atoms with Crippen LogP contribution in [0.5, 0.6) is 0 Å². The highest BCUT2D eigenvalue weighted by Crippen LogP contribution is 2.04. The number of para-hydroxylation sites is 1. The van der Waals surface area contributed by atoms with E-state index < -0.39 is 6.10 Å². The molecule has 0 heterocycles. The number of nitrogens with zero attached hydrogens (tertiary/aromatic N) is 1. The lowest BCUT2D eigenvalue weighted by molar-refractivity contribution is 0.196. The summed E-state index contributed by atoms with van der Waals surface area (Å²) in [6.45, 7) is 0.628. The zero-order valence-corrected chi connectivity index (χ0v) is 8.43. The van der Waals surface area contributed by atoms with Gasteiger partial charge in [-0.25, -0.2) is 0 Å². The number of aliphatic hydroxyl groups is 1. The molecule has 0 radical (unpaired) electrons. The van der Waals surface area contributed by atoms with Crippen LogP contribution in [0.2, 0.25) is 0 Å². The fourth-order valence-corrected chi connectivity index (χ4v) is 1.07.